The van der Waals surface area contributed by atoms with Crippen LogP contribution >= 0.6 is 34.5 Å². The Bertz CT molecular complexity index is 835. The molecule has 1 aromatic heterocycles. The first-order valence-electron chi connectivity index (χ1n) is 5.77. The SMILES string of the molecule is COc1ccc(C(F)(F)F)cc1NS(=O)(=O)c1cc(Cl)sc1Cl. The monoisotopic (exact) mass is 405 g/mol. The normalized spacial score (nSPS) is 12.3. The largest absolute Gasteiger partial charge is 0.495 e. The zero-order valence-corrected chi connectivity index (χ0v) is 14.4. The molecule has 0 saturated carbocycles. The van der Waals surface area contributed by atoms with Crippen LogP contribution in [0.2, 0.25) is 8.67 Å². The predicted octanol–water partition coefficient (Wildman–Crippen LogP) is 4.88. The van der Waals surface area contributed by atoms with E-state index < -0.39 is 21.8 Å². The zero-order valence-electron chi connectivity index (χ0n) is 11.2. The molecule has 126 valence electrons. The quantitative estimate of drug-likeness (QED) is 0.787. The Balaban J connectivity index is 2.48. The van der Waals surface area contributed by atoms with E-state index in [1.54, 1.807) is 0 Å². The highest BCUT2D eigenvalue weighted by Gasteiger charge is 2.32. The third kappa shape index (κ3) is 4.03. The van der Waals surface area contributed by atoms with Gasteiger partial charge in [-0.25, -0.2) is 8.42 Å². The van der Waals surface area contributed by atoms with E-state index in [4.69, 9.17) is 27.9 Å². The molecule has 0 amide bonds. The Kier molecular flexibility index (Phi) is 5.05. The van der Waals surface area contributed by atoms with E-state index in [9.17, 15) is 21.6 Å². The van der Waals surface area contributed by atoms with Gasteiger partial charge in [-0.15, -0.1) is 11.3 Å². The molecule has 0 fully saturated rings. The predicted molar refractivity (Wildman–Crippen MR) is 83.1 cm³/mol. The maximum atomic E-state index is 12.8. The molecule has 0 aliphatic heterocycles. The number of anilines is 1. The molecule has 0 aliphatic carbocycles. The molecular weight excluding hydrogens is 398 g/mol. The van der Waals surface area contributed by atoms with Crippen LogP contribution in [-0.4, -0.2) is 15.5 Å². The number of benzene rings is 1. The molecule has 1 N–H and O–H groups in total. The van der Waals surface area contributed by atoms with Crippen molar-refractivity contribution in [3.63, 3.8) is 0 Å². The summed E-state index contributed by atoms with van der Waals surface area (Å²) in [5.41, 5.74) is -1.38. The highest BCUT2D eigenvalue weighted by Crippen LogP contribution is 2.38. The summed E-state index contributed by atoms with van der Waals surface area (Å²) < 4.78 is 69.8. The van der Waals surface area contributed by atoms with E-state index in [1.807, 2.05) is 4.72 Å². The van der Waals surface area contributed by atoms with Crippen molar-refractivity contribution in [3.05, 3.63) is 38.5 Å². The number of sulfonamides is 1. The van der Waals surface area contributed by atoms with Crippen molar-refractivity contribution in [1.82, 2.24) is 0 Å². The van der Waals surface area contributed by atoms with Gasteiger partial charge in [0.15, 0.2) is 0 Å². The highest BCUT2D eigenvalue weighted by atomic mass is 35.5. The average Bonchev–Trinajstić information content (AvgIpc) is 2.77. The first-order chi connectivity index (χ1) is 10.5. The van der Waals surface area contributed by atoms with Gasteiger partial charge in [-0.05, 0) is 24.3 Å². The summed E-state index contributed by atoms with van der Waals surface area (Å²) in [6.07, 6.45) is -4.63. The summed E-state index contributed by atoms with van der Waals surface area (Å²) >= 11 is 12.3. The Morgan fingerprint density at radius 2 is 1.87 bits per heavy atom. The van der Waals surface area contributed by atoms with E-state index in [0.29, 0.717) is 6.07 Å². The number of nitrogens with one attached hydrogen (secondary N) is 1. The van der Waals surface area contributed by atoms with Crippen LogP contribution in [0.5, 0.6) is 5.75 Å². The molecule has 4 nitrogen and oxygen atoms in total. The van der Waals surface area contributed by atoms with Gasteiger partial charge in [-0.3, -0.25) is 4.72 Å². The molecule has 0 spiro atoms. The Morgan fingerprint density at radius 3 is 2.35 bits per heavy atom. The molecule has 1 aromatic carbocycles. The fourth-order valence-electron chi connectivity index (χ4n) is 1.67. The zero-order chi connectivity index (χ0) is 17.4. The molecule has 0 atom stereocenters. The van der Waals surface area contributed by atoms with Crippen molar-refractivity contribution in [2.75, 3.05) is 11.8 Å². The smallest absolute Gasteiger partial charge is 0.416 e. The lowest BCUT2D eigenvalue weighted by Crippen LogP contribution is -2.14. The van der Waals surface area contributed by atoms with Crippen LogP contribution in [-0.2, 0) is 16.2 Å². The molecule has 2 aromatic rings. The maximum absolute atomic E-state index is 12.8. The summed E-state index contributed by atoms with van der Waals surface area (Å²) in [4.78, 5) is -0.325. The molecule has 0 saturated heterocycles. The van der Waals surface area contributed by atoms with Crippen LogP contribution in [0.4, 0.5) is 18.9 Å². The lowest BCUT2D eigenvalue weighted by atomic mass is 10.2. The van der Waals surface area contributed by atoms with Gasteiger partial charge >= 0.3 is 6.18 Å². The second-order valence-electron chi connectivity index (χ2n) is 4.21. The lowest BCUT2D eigenvalue weighted by molar-refractivity contribution is -0.137. The van der Waals surface area contributed by atoms with E-state index in [0.717, 1.165) is 29.5 Å². The Hall–Kier alpha value is -1.16. The molecule has 2 rings (SSSR count). The number of hydrogen-bond acceptors (Lipinski definition) is 4. The van der Waals surface area contributed by atoms with Crippen LogP contribution in [0, 0.1) is 0 Å². The molecule has 0 unspecified atom stereocenters. The number of rotatable bonds is 4. The first kappa shape index (κ1) is 18.2. The molecule has 0 radical (unpaired) electrons. The molecule has 0 aliphatic rings. The van der Waals surface area contributed by atoms with Crippen LogP contribution < -0.4 is 9.46 Å². The van der Waals surface area contributed by atoms with Gasteiger partial charge < -0.3 is 4.74 Å². The summed E-state index contributed by atoms with van der Waals surface area (Å²) in [7, 11) is -3.02. The van der Waals surface area contributed by atoms with E-state index in [1.165, 1.54) is 7.11 Å². The van der Waals surface area contributed by atoms with Gasteiger partial charge in [0, 0.05) is 0 Å². The van der Waals surface area contributed by atoms with Crippen LogP contribution in [0.15, 0.2) is 29.2 Å². The van der Waals surface area contributed by atoms with Crippen molar-refractivity contribution in [1.29, 1.82) is 0 Å². The number of thiophene rings is 1. The van der Waals surface area contributed by atoms with Gasteiger partial charge in [-0.2, -0.15) is 13.2 Å². The van der Waals surface area contributed by atoms with Crippen molar-refractivity contribution in [2.45, 2.75) is 11.1 Å². The number of ether oxygens (including phenoxy) is 1. The third-order valence-corrected chi connectivity index (χ3v) is 5.80. The van der Waals surface area contributed by atoms with E-state index in [-0.39, 0.29) is 25.0 Å². The third-order valence-electron chi connectivity index (χ3n) is 2.69. The molecule has 11 heteroatoms. The summed E-state index contributed by atoms with van der Waals surface area (Å²) in [6, 6.07) is 3.54. The molecule has 0 bridgehead atoms. The maximum Gasteiger partial charge on any atom is 0.416 e. The summed E-state index contributed by atoms with van der Waals surface area (Å²) in [5, 5.41) is 0. The molecule has 1 heterocycles. The van der Waals surface area contributed by atoms with Gasteiger partial charge in [-0.1, -0.05) is 23.2 Å². The van der Waals surface area contributed by atoms with Crippen molar-refractivity contribution < 1.29 is 26.3 Å². The van der Waals surface area contributed by atoms with E-state index >= 15 is 0 Å². The Labute approximate surface area is 143 Å². The highest BCUT2D eigenvalue weighted by molar-refractivity contribution is 7.93. The van der Waals surface area contributed by atoms with Crippen molar-refractivity contribution in [3.8, 4) is 5.75 Å². The lowest BCUT2D eigenvalue weighted by Gasteiger charge is -2.14. The standard InChI is InChI=1S/C12H8Cl2F3NO3S2/c1-21-8-3-2-6(12(15,16)17)4-7(8)18-23(19,20)9-5-10(13)22-11(9)14/h2-5,18H,1H3. The van der Waals surface area contributed by atoms with Gasteiger partial charge in [0.2, 0.25) is 0 Å². The number of methoxy groups -OCH3 is 1. The van der Waals surface area contributed by atoms with Gasteiger partial charge in [0.1, 0.15) is 15.0 Å². The minimum absolute atomic E-state index is 0.0703. The van der Waals surface area contributed by atoms with Crippen molar-refractivity contribution in [2.24, 2.45) is 0 Å². The Morgan fingerprint density at radius 1 is 1.22 bits per heavy atom. The van der Waals surface area contributed by atoms with Crippen LogP contribution in [0.1, 0.15) is 5.56 Å². The minimum Gasteiger partial charge on any atom is -0.495 e. The van der Waals surface area contributed by atoms with E-state index in [2.05, 4.69) is 0 Å². The summed E-state index contributed by atoms with van der Waals surface area (Å²) in [6.45, 7) is 0. The topological polar surface area (TPSA) is 55.4 Å². The fourth-order valence-corrected chi connectivity index (χ4v) is 4.88. The molecular formula is C12H8Cl2F3NO3S2. The fraction of sp³-hybridized carbons (Fsp3) is 0.167. The van der Waals surface area contributed by atoms with Crippen LogP contribution in [0.25, 0.3) is 0 Å². The number of alkyl halides is 3. The van der Waals surface area contributed by atoms with Gasteiger partial charge in [0.05, 0.1) is 22.7 Å². The second-order valence-corrected chi connectivity index (χ2v) is 8.14. The van der Waals surface area contributed by atoms with Gasteiger partial charge in [0.25, 0.3) is 10.0 Å². The average molecular weight is 406 g/mol. The van der Waals surface area contributed by atoms with Crippen molar-refractivity contribution >= 4 is 50.2 Å². The van der Waals surface area contributed by atoms with Crippen LogP contribution in [0.3, 0.4) is 0 Å². The first-order valence-corrected chi connectivity index (χ1v) is 8.83. The number of hydrogen-bond donors (Lipinski definition) is 1. The summed E-state index contributed by atoms with van der Waals surface area (Å²) in [5.74, 6) is -0.0703. The number of halogens is 5. The minimum atomic E-state index is -4.63. The molecule has 23 heavy (non-hydrogen) atoms. The second kappa shape index (κ2) is 6.39.